The lowest BCUT2D eigenvalue weighted by Gasteiger charge is -1.98. The second kappa shape index (κ2) is 5.55. The molecule has 0 radical (unpaired) electrons. The first-order chi connectivity index (χ1) is 8.69. The maximum atomic E-state index is 11.2. The largest absolute Gasteiger partial charge is 0.497 e. The summed E-state index contributed by atoms with van der Waals surface area (Å²) >= 11 is 0.905. The zero-order valence-electron chi connectivity index (χ0n) is 9.67. The molecule has 1 heterocycles. The Bertz CT molecular complexity index is 532. The zero-order chi connectivity index (χ0) is 13.0. The summed E-state index contributed by atoms with van der Waals surface area (Å²) in [5.74, 6) is 0.450. The molecule has 1 fully saturated rings. The van der Waals surface area contributed by atoms with Gasteiger partial charge in [-0.1, -0.05) is 24.3 Å². The van der Waals surface area contributed by atoms with Crippen LogP contribution in [0.25, 0.3) is 6.08 Å². The molecular formula is C13H11NO3S. The second-order valence-electron chi connectivity index (χ2n) is 3.51. The Kier molecular flexibility index (Phi) is 3.84. The molecule has 92 valence electrons. The van der Waals surface area contributed by atoms with Crippen LogP contribution in [-0.2, 0) is 4.79 Å². The van der Waals surface area contributed by atoms with E-state index >= 15 is 0 Å². The summed E-state index contributed by atoms with van der Waals surface area (Å²) in [6.45, 7) is 0. The van der Waals surface area contributed by atoms with Gasteiger partial charge in [0.15, 0.2) is 0 Å². The molecule has 1 aliphatic rings. The van der Waals surface area contributed by atoms with E-state index in [2.05, 4.69) is 5.32 Å². The number of thioether (sulfide) groups is 1. The van der Waals surface area contributed by atoms with Gasteiger partial charge in [0.2, 0.25) is 0 Å². The first kappa shape index (κ1) is 12.4. The summed E-state index contributed by atoms with van der Waals surface area (Å²) in [7, 11) is 1.61. The van der Waals surface area contributed by atoms with Crippen LogP contribution in [0.5, 0.6) is 5.75 Å². The van der Waals surface area contributed by atoms with Crippen molar-refractivity contribution in [1.82, 2.24) is 5.32 Å². The van der Waals surface area contributed by atoms with Gasteiger partial charge in [-0.2, -0.15) is 0 Å². The van der Waals surface area contributed by atoms with Crippen molar-refractivity contribution >= 4 is 29.0 Å². The van der Waals surface area contributed by atoms with Gasteiger partial charge >= 0.3 is 0 Å². The molecule has 4 nitrogen and oxygen atoms in total. The molecule has 18 heavy (non-hydrogen) atoms. The van der Waals surface area contributed by atoms with Gasteiger partial charge in [-0.15, -0.1) is 0 Å². The van der Waals surface area contributed by atoms with Gasteiger partial charge in [0.05, 0.1) is 12.0 Å². The first-order valence-corrected chi connectivity index (χ1v) is 6.06. The lowest BCUT2D eigenvalue weighted by Crippen LogP contribution is -2.17. The molecule has 5 heteroatoms. The average Bonchev–Trinajstić information content (AvgIpc) is 2.69. The number of carbonyl (C=O) groups is 2. The van der Waals surface area contributed by atoms with E-state index in [0.717, 1.165) is 23.1 Å². The van der Waals surface area contributed by atoms with Crippen molar-refractivity contribution in [2.45, 2.75) is 0 Å². The van der Waals surface area contributed by atoms with Crippen LogP contribution >= 0.6 is 11.8 Å². The number of carbonyl (C=O) groups excluding carboxylic acids is 2. The lowest BCUT2D eigenvalue weighted by molar-refractivity contribution is -0.115. The van der Waals surface area contributed by atoms with E-state index in [1.165, 1.54) is 0 Å². The van der Waals surface area contributed by atoms with Crippen LogP contribution in [0.2, 0.25) is 0 Å². The van der Waals surface area contributed by atoms with Crippen LogP contribution in [0, 0.1) is 0 Å². The minimum Gasteiger partial charge on any atom is -0.497 e. The number of benzene rings is 1. The molecule has 1 saturated heterocycles. The molecule has 0 atom stereocenters. The van der Waals surface area contributed by atoms with Gasteiger partial charge < -0.3 is 4.74 Å². The maximum Gasteiger partial charge on any atom is 0.290 e. The number of nitrogens with one attached hydrogen (secondary N) is 1. The number of amides is 2. The van der Waals surface area contributed by atoms with Crippen molar-refractivity contribution in [3.8, 4) is 5.75 Å². The Morgan fingerprint density at radius 1 is 1.22 bits per heavy atom. The predicted octanol–water partition coefficient (Wildman–Crippen LogP) is 2.58. The number of imide groups is 1. The minimum atomic E-state index is -0.343. The SMILES string of the molecule is COc1ccc(/C=C/C=C2/SC(=O)NC2=O)cc1. The quantitative estimate of drug-likeness (QED) is 0.850. The summed E-state index contributed by atoms with van der Waals surface area (Å²) < 4.78 is 5.05. The third-order valence-corrected chi connectivity index (χ3v) is 3.12. The van der Waals surface area contributed by atoms with Gasteiger partial charge in [0.25, 0.3) is 11.1 Å². The van der Waals surface area contributed by atoms with Crippen LogP contribution in [0.3, 0.4) is 0 Å². The normalized spacial score (nSPS) is 17.5. The second-order valence-corrected chi connectivity index (χ2v) is 4.52. The van der Waals surface area contributed by atoms with Gasteiger partial charge in [-0.3, -0.25) is 14.9 Å². The van der Waals surface area contributed by atoms with E-state index in [-0.39, 0.29) is 11.1 Å². The number of allylic oxidation sites excluding steroid dienone is 2. The van der Waals surface area contributed by atoms with E-state index < -0.39 is 0 Å². The topological polar surface area (TPSA) is 55.4 Å². The van der Waals surface area contributed by atoms with E-state index in [9.17, 15) is 9.59 Å². The molecule has 0 spiro atoms. The van der Waals surface area contributed by atoms with E-state index in [0.29, 0.717) is 4.91 Å². The predicted molar refractivity (Wildman–Crippen MR) is 71.2 cm³/mol. The summed E-state index contributed by atoms with van der Waals surface area (Å²) in [4.78, 5) is 22.6. The molecular weight excluding hydrogens is 250 g/mol. The number of hydrogen-bond acceptors (Lipinski definition) is 4. The minimum absolute atomic E-state index is 0.330. The van der Waals surface area contributed by atoms with Crippen molar-refractivity contribution < 1.29 is 14.3 Å². The molecule has 0 saturated carbocycles. The fourth-order valence-electron chi connectivity index (χ4n) is 1.40. The van der Waals surface area contributed by atoms with Crippen molar-refractivity contribution in [3.63, 3.8) is 0 Å². The highest BCUT2D eigenvalue weighted by molar-refractivity contribution is 8.18. The van der Waals surface area contributed by atoms with Gasteiger partial charge in [0, 0.05) is 0 Å². The molecule has 0 bridgehead atoms. The van der Waals surface area contributed by atoms with E-state index in [1.54, 1.807) is 19.3 Å². The highest BCUT2D eigenvalue weighted by atomic mass is 32.2. The number of hydrogen-bond donors (Lipinski definition) is 1. The molecule has 1 aliphatic heterocycles. The monoisotopic (exact) mass is 261 g/mol. The van der Waals surface area contributed by atoms with Crippen LogP contribution in [0.1, 0.15) is 5.56 Å². The average molecular weight is 261 g/mol. The molecule has 1 aromatic rings. The summed E-state index contributed by atoms with van der Waals surface area (Å²) in [6, 6.07) is 7.52. The summed E-state index contributed by atoms with van der Waals surface area (Å²) in [6.07, 6.45) is 5.21. The van der Waals surface area contributed by atoms with E-state index in [1.807, 2.05) is 30.3 Å². The summed E-state index contributed by atoms with van der Waals surface area (Å²) in [5, 5.41) is 1.87. The standard InChI is InChI=1S/C13H11NO3S/c1-17-10-7-5-9(6-8-10)3-2-4-11-12(15)14-13(16)18-11/h2-8H,1H3,(H,14,15,16)/b3-2+,11-4+. The van der Waals surface area contributed by atoms with Crippen LogP contribution in [-0.4, -0.2) is 18.3 Å². The Hall–Kier alpha value is -2.01. The molecule has 2 rings (SSSR count). The highest BCUT2D eigenvalue weighted by Crippen LogP contribution is 2.23. The van der Waals surface area contributed by atoms with E-state index in [4.69, 9.17) is 4.74 Å². The molecule has 1 N–H and O–H groups in total. The Balaban J connectivity index is 2.04. The van der Waals surface area contributed by atoms with Crippen molar-refractivity contribution in [1.29, 1.82) is 0 Å². The Morgan fingerprint density at radius 2 is 1.94 bits per heavy atom. The maximum absolute atomic E-state index is 11.2. The molecule has 0 aromatic heterocycles. The van der Waals surface area contributed by atoms with Gasteiger partial charge in [0.1, 0.15) is 5.75 Å². The first-order valence-electron chi connectivity index (χ1n) is 5.24. The van der Waals surface area contributed by atoms with Crippen LogP contribution in [0.4, 0.5) is 4.79 Å². The number of rotatable bonds is 3. The van der Waals surface area contributed by atoms with Crippen LogP contribution in [0.15, 0.2) is 41.3 Å². The third-order valence-electron chi connectivity index (χ3n) is 2.29. The number of ether oxygens (including phenoxy) is 1. The molecule has 0 unspecified atom stereocenters. The van der Waals surface area contributed by atoms with Crippen molar-refractivity contribution in [2.75, 3.05) is 7.11 Å². The van der Waals surface area contributed by atoms with Crippen molar-refractivity contribution in [3.05, 3.63) is 46.9 Å². The molecule has 0 aliphatic carbocycles. The molecule has 1 aromatic carbocycles. The molecule has 2 amide bonds. The fraction of sp³-hybridized carbons (Fsp3) is 0.0769. The fourth-order valence-corrected chi connectivity index (χ4v) is 2.03. The van der Waals surface area contributed by atoms with Gasteiger partial charge in [-0.25, -0.2) is 0 Å². The smallest absolute Gasteiger partial charge is 0.290 e. The zero-order valence-corrected chi connectivity index (χ0v) is 10.5. The Morgan fingerprint density at radius 3 is 2.50 bits per heavy atom. The third kappa shape index (κ3) is 3.01. The lowest BCUT2D eigenvalue weighted by atomic mass is 10.2. The Labute approximate surface area is 109 Å². The number of methoxy groups -OCH3 is 1. The summed E-state index contributed by atoms with van der Waals surface area (Å²) in [5.41, 5.74) is 0.988. The van der Waals surface area contributed by atoms with Gasteiger partial charge in [-0.05, 0) is 35.5 Å². The van der Waals surface area contributed by atoms with Crippen molar-refractivity contribution in [2.24, 2.45) is 0 Å². The highest BCUT2D eigenvalue weighted by Gasteiger charge is 2.24. The van der Waals surface area contributed by atoms with Crippen LogP contribution < -0.4 is 10.1 Å².